The Kier molecular flexibility index (Phi) is 5.20. The minimum Gasteiger partial charge on any atom is -0.368 e. The quantitative estimate of drug-likeness (QED) is 0.684. The summed E-state index contributed by atoms with van der Waals surface area (Å²) in [5, 5.41) is 2.65. The smallest absolute Gasteiger partial charge is 0.240 e. The van der Waals surface area contributed by atoms with Crippen LogP contribution in [0.5, 0.6) is 0 Å². The highest BCUT2D eigenvalue weighted by molar-refractivity contribution is 5.87. The maximum absolute atomic E-state index is 11.4. The zero-order valence-corrected chi connectivity index (χ0v) is 9.33. The Morgan fingerprint density at radius 3 is 2.07 bits per heavy atom. The highest BCUT2D eigenvalue weighted by atomic mass is 16.2. The van der Waals surface area contributed by atoms with Crippen LogP contribution in [-0.4, -0.2) is 17.9 Å². The number of carbonyl (C=O) groups is 2. The van der Waals surface area contributed by atoms with Crippen LogP contribution in [0.3, 0.4) is 0 Å². The number of nitrogens with one attached hydrogen (secondary N) is 1. The minimum absolute atomic E-state index is 0.0789. The van der Waals surface area contributed by atoms with E-state index in [2.05, 4.69) is 5.32 Å². The van der Waals surface area contributed by atoms with Crippen molar-refractivity contribution in [2.45, 2.75) is 40.2 Å². The standard InChI is InChI=1S/C10H20N2O2/c1-5-7(4)8(9(11)13)12-10(14)6(2)3/h6-8H,5H2,1-4H3,(H2,11,13)(H,12,14)/t7-,8+/m1/s1. The van der Waals surface area contributed by atoms with E-state index in [-0.39, 0.29) is 17.7 Å². The lowest BCUT2D eigenvalue weighted by Gasteiger charge is -2.22. The molecule has 0 bridgehead atoms. The van der Waals surface area contributed by atoms with Crippen molar-refractivity contribution in [2.24, 2.45) is 17.6 Å². The lowest BCUT2D eigenvalue weighted by atomic mass is 9.98. The molecule has 0 heterocycles. The number of hydrogen-bond donors (Lipinski definition) is 2. The van der Waals surface area contributed by atoms with E-state index < -0.39 is 11.9 Å². The summed E-state index contributed by atoms with van der Waals surface area (Å²) in [6.07, 6.45) is 0.811. The third-order valence-electron chi connectivity index (χ3n) is 2.34. The van der Waals surface area contributed by atoms with Gasteiger partial charge in [0.15, 0.2) is 0 Å². The van der Waals surface area contributed by atoms with E-state index in [9.17, 15) is 9.59 Å². The first-order chi connectivity index (χ1) is 6.40. The van der Waals surface area contributed by atoms with Gasteiger partial charge in [0.1, 0.15) is 6.04 Å². The van der Waals surface area contributed by atoms with E-state index in [0.717, 1.165) is 6.42 Å². The lowest BCUT2D eigenvalue weighted by Crippen LogP contribution is -2.49. The molecule has 0 aliphatic rings. The van der Waals surface area contributed by atoms with Crippen molar-refractivity contribution in [3.05, 3.63) is 0 Å². The minimum atomic E-state index is -0.546. The molecular weight excluding hydrogens is 180 g/mol. The lowest BCUT2D eigenvalue weighted by molar-refractivity contribution is -0.130. The van der Waals surface area contributed by atoms with E-state index in [1.807, 2.05) is 13.8 Å². The number of hydrogen-bond acceptors (Lipinski definition) is 2. The summed E-state index contributed by atoms with van der Waals surface area (Å²) in [6.45, 7) is 7.42. The molecule has 0 aromatic rings. The molecule has 2 atom stereocenters. The molecule has 4 heteroatoms. The maximum Gasteiger partial charge on any atom is 0.240 e. The molecule has 0 fully saturated rings. The van der Waals surface area contributed by atoms with Crippen LogP contribution in [-0.2, 0) is 9.59 Å². The molecule has 0 aliphatic carbocycles. The van der Waals surface area contributed by atoms with Gasteiger partial charge in [0.2, 0.25) is 11.8 Å². The summed E-state index contributed by atoms with van der Waals surface area (Å²) in [5.74, 6) is -0.640. The van der Waals surface area contributed by atoms with Crippen molar-refractivity contribution in [3.8, 4) is 0 Å². The summed E-state index contributed by atoms with van der Waals surface area (Å²) in [7, 11) is 0. The number of amides is 2. The molecule has 14 heavy (non-hydrogen) atoms. The molecule has 2 amide bonds. The molecule has 0 spiro atoms. The monoisotopic (exact) mass is 200 g/mol. The van der Waals surface area contributed by atoms with Crippen molar-refractivity contribution in [3.63, 3.8) is 0 Å². The van der Waals surface area contributed by atoms with Gasteiger partial charge in [-0.2, -0.15) is 0 Å². The van der Waals surface area contributed by atoms with Crippen LogP contribution >= 0.6 is 0 Å². The van der Waals surface area contributed by atoms with Crippen molar-refractivity contribution in [1.29, 1.82) is 0 Å². The van der Waals surface area contributed by atoms with Gasteiger partial charge in [0.25, 0.3) is 0 Å². The summed E-state index contributed by atoms with van der Waals surface area (Å²) < 4.78 is 0. The maximum atomic E-state index is 11.4. The average molecular weight is 200 g/mol. The van der Waals surface area contributed by atoms with E-state index >= 15 is 0 Å². The third-order valence-corrected chi connectivity index (χ3v) is 2.34. The van der Waals surface area contributed by atoms with Crippen molar-refractivity contribution in [1.82, 2.24) is 5.32 Å². The third kappa shape index (κ3) is 3.77. The van der Waals surface area contributed by atoms with Crippen molar-refractivity contribution in [2.75, 3.05) is 0 Å². The highest BCUT2D eigenvalue weighted by Gasteiger charge is 2.24. The van der Waals surface area contributed by atoms with Crippen LogP contribution in [0, 0.1) is 11.8 Å². The second-order valence-corrected chi connectivity index (χ2v) is 3.93. The number of primary amides is 1. The predicted octanol–water partition coefficient (Wildman–Crippen LogP) is 0.659. The van der Waals surface area contributed by atoms with Gasteiger partial charge < -0.3 is 11.1 Å². The molecule has 0 rings (SSSR count). The van der Waals surface area contributed by atoms with Gasteiger partial charge in [0, 0.05) is 5.92 Å². The first-order valence-electron chi connectivity index (χ1n) is 4.99. The highest BCUT2D eigenvalue weighted by Crippen LogP contribution is 2.08. The number of nitrogens with two attached hydrogens (primary N) is 1. The zero-order valence-electron chi connectivity index (χ0n) is 9.33. The van der Waals surface area contributed by atoms with Crippen LogP contribution in [0.2, 0.25) is 0 Å². The van der Waals surface area contributed by atoms with Gasteiger partial charge in [-0.15, -0.1) is 0 Å². The summed E-state index contributed by atoms with van der Waals surface area (Å²) in [5.41, 5.74) is 5.21. The number of rotatable bonds is 5. The van der Waals surface area contributed by atoms with Crippen LogP contribution < -0.4 is 11.1 Å². The average Bonchev–Trinajstić information content (AvgIpc) is 2.11. The number of carbonyl (C=O) groups excluding carboxylic acids is 2. The summed E-state index contributed by atoms with van der Waals surface area (Å²) in [4.78, 5) is 22.4. The normalized spacial score (nSPS) is 14.9. The fraction of sp³-hybridized carbons (Fsp3) is 0.800. The fourth-order valence-corrected chi connectivity index (χ4v) is 1.05. The van der Waals surface area contributed by atoms with Crippen LogP contribution in [0.15, 0.2) is 0 Å². The second kappa shape index (κ2) is 5.62. The fourth-order valence-electron chi connectivity index (χ4n) is 1.05. The Morgan fingerprint density at radius 2 is 1.79 bits per heavy atom. The van der Waals surface area contributed by atoms with Gasteiger partial charge in [0.05, 0.1) is 0 Å². The molecule has 0 radical (unpaired) electrons. The van der Waals surface area contributed by atoms with Gasteiger partial charge in [-0.25, -0.2) is 0 Å². The topological polar surface area (TPSA) is 72.2 Å². The second-order valence-electron chi connectivity index (χ2n) is 3.93. The Labute approximate surface area is 85.2 Å². The van der Waals surface area contributed by atoms with E-state index in [1.54, 1.807) is 13.8 Å². The van der Waals surface area contributed by atoms with Crippen molar-refractivity contribution >= 4 is 11.8 Å². The molecule has 0 aromatic carbocycles. The Hall–Kier alpha value is -1.06. The zero-order chi connectivity index (χ0) is 11.3. The van der Waals surface area contributed by atoms with Crippen LogP contribution in [0.25, 0.3) is 0 Å². The first-order valence-corrected chi connectivity index (χ1v) is 4.99. The molecule has 0 saturated carbocycles. The van der Waals surface area contributed by atoms with E-state index in [4.69, 9.17) is 5.73 Å². The Morgan fingerprint density at radius 1 is 1.29 bits per heavy atom. The van der Waals surface area contributed by atoms with E-state index in [0.29, 0.717) is 0 Å². The van der Waals surface area contributed by atoms with Gasteiger partial charge in [-0.1, -0.05) is 34.1 Å². The SMILES string of the molecule is CC[C@@H](C)[C@H](NC(=O)C(C)C)C(N)=O. The van der Waals surface area contributed by atoms with Gasteiger partial charge in [-0.3, -0.25) is 9.59 Å². The predicted molar refractivity (Wildman–Crippen MR) is 55.4 cm³/mol. The molecule has 0 unspecified atom stereocenters. The molecule has 82 valence electrons. The molecule has 0 aromatic heterocycles. The largest absolute Gasteiger partial charge is 0.368 e. The first kappa shape index (κ1) is 12.9. The summed E-state index contributed by atoms with van der Waals surface area (Å²) in [6, 6.07) is -0.546. The van der Waals surface area contributed by atoms with Crippen molar-refractivity contribution < 1.29 is 9.59 Å². The molecular formula is C10H20N2O2. The van der Waals surface area contributed by atoms with Gasteiger partial charge >= 0.3 is 0 Å². The summed E-state index contributed by atoms with van der Waals surface area (Å²) >= 11 is 0. The molecule has 0 saturated heterocycles. The Balaban J connectivity index is 4.38. The molecule has 4 nitrogen and oxygen atoms in total. The van der Waals surface area contributed by atoms with Crippen LogP contribution in [0.4, 0.5) is 0 Å². The van der Waals surface area contributed by atoms with Gasteiger partial charge in [-0.05, 0) is 5.92 Å². The van der Waals surface area contributed by atoms with E-state index in [1.165, 1.54) is 0 Å². The Bertz CT molecular complexity index is 214. The molecule has 3 N–H and O–H groups in total. The van der Waals surface area contributed by atoms with Crippen LogP contribution in [0.1, 0.15) is 34.1 Å². The molecule has 0 aliphatic heterocycles.